The third kappa shape index (κ3) is 3.99. The predicted molar refractivity (Wildman–Crippen MR) is 67.8 cm³/mol. The molecule has 0 amide bonds. The number of alkyl halides is 3. The first-order valence-electron chi connectivity index (χ1n) is 6.38. The van der Waals surface area contributed by atoms with E-state index in [1.165, 1.54) is 4.88 Å². The van der Waals surface area contributed by atoms with Gasteiger partial charge in [-0.15, -0.1) is 11.3 Å². The van der Waals surface area contributed by atoms with Gasteiger partial charge in [-0.3, -0.25) is 0 Å². The molecule has 102 valence electrons. The van der Waals surface area contributed by atoms with Crippen molar-refractivity contribution in [2.75, 3.05) is 6.54 Å². The van der Waals surface area contributed by atoms with Gasteiger partial charge in [-0.05, 0) is 37.1 Å². The lowest BCUT2D eigenvalue weighted by molar-refractivity contribution is -0.183. The third-order valence-corrected chi connectivity index (χ3v) is 4.46. The van der Waals surface area contributed by atoms with Gasteiger partial charge in [0.2, 0.25) is 0 Å². The maximum Gasteiger partial charge on any atom is 0.391 e. The van der Waals surface area contributed by atoms with Gasteiger partial charge in [-0.1, -0.05) is 12.5 Å². The zero-order chi connectivity index (χ0) is 13.0. The molecule has 0 radical (unpaired) electrons. The summed E-state index contributed by atoms with van der Waals surface area (Å²) in [7, 11) is 0. The van der Waals surface area contributed by atoms with Crippen molar-refractivity contribution in [3.8, 4) is 0 Å². The molecule has 0 aliphatic heterocycles. The molecule has 2 atom stereocenters. The van der Waals surface area contributed by atoms with Gasteiger partial charge in [-0.25, -0.2) is 0 Å². The fourth-order valence-electron chi connectivity index (χ4n) is 2.53. The molecule has 1 heterocycles. The van der Waals surface area contributed by atoms with Crippen molar-refractivity contribution < 1.29 is 13.2 Å². The Hall–Kier alpha value is -0.550. The van der Waals surface area contributed by atoms with E-state index in [1.54, 1.807) is 11.3 Å². The van der Waals surface area contributed by atoms with E-state index in [4.69, 9.17) is 0 Å². The van der Waals surface area contributed by atoms with Crippen LogP contribution in [0, 0.1) is 5.92 Å². The smallest absolute Gasteiger partial charge is 0.314 e. The summed E-state index contributed by atoms with van der Waals surface area (Å²) in [6.45, 7) is 0.774. The van der Waals surface area contributed by atoms with E-state index in [1.807, 2.05) is 11.4 Å². The Balaban J connectivity index is 1.73. The summed E-state index contributed by atoms with van der Waals surface area (Å²) in [6.07, 6.45) is -1.02. The second-order valence-electron chi connectivity index (χ2n) is 4.89. The molecule has 2 rings (SSSR count). The van der Waals surface area contributed by atoms with E-state index >= 15 is 0 Å². The van der Waals surface area contributed by atoms with E-state index in [9.17, 15) is 13.2 Å². The third-order valence-electron chi connectivity index (χ3n) is 3.52. The van der Waals surface area contributed by atoms with E-state index < -0.39 is 12.1 Å². The summed E-state index contributed by atoms with van der Waals surface area (Å²) in [5.74, 6) is -1.11. The maximum absolute atomic E-state index is 12.6. The number of hydrogen-bond acceptors (Lipinski definition) is 2. The maximum atomic E-state index is 12.6. The monoisotopic (exact) mass is 277 g/mol. The topological polar surface area (TPSA) is 12.0 Å². The molecule has 1 nitrogen and oxygen atoms in total. The average molecular weight is 277 g/mol. The molecule has 1 fully saturated rings. The molecule has 18 heavy (non-hydrogen) atoms. The molecule has 1 N–H and O–H groups in total. The zero-order valence-electron chi connectivity index (χ0n) is 10.2. The highest BCUT2D eigenvalue weighted by Crippen LogP contribution is 2.37. The first-order chi connectivity index (χ1) is 8.55. The predicted octanol–water partition coefficient (Wildman–Crippen LogP) is 4.00. The summed E-state index contributed by atoms with van der Waals surface area (Å²) in [5, 5.41) is 5.29. The van der Waals surface area contributed by atoms with E-state index in [0.29, 0.717) is 12.8 Å². The van der Waals surface area contributed by atoms with Crippen molar-refractivity contribution in [2.45, 2.75) is 44.3 Å². The summed E-state index contributed by atoms with van der Waals surface area (Å²) in [6, 6.07) is 4.09. The van der Waals surface area contributed by atoms with Gasteiger partial charge in [0.1, 0.15) is 0 Å². The molecule has 0 saturated heterocycles. The SMILES string of the molecule is FC(F)(F)C1CCCC(NCCc2cccs2)C1. The molecule has 1 aliphatic rings. The first kappa shape index (κ1) is 13.9. The van der Waals surface area contributed by atoms with Gasteiger partial charge in [0, 0.05) is 17.5 Å². The molecule has 1 aromatic rings. The molecule has 1 aromatic heterocycles. The average Bonchev–Trinajstić information content (AvgIpc) is 2.81. The number of rotatable bonds is 4. The van der Waals surface area contributed by atoms with Crippen LogP contribution in [0.3, 0.4) is 0 Å². The van der Waals surface area contributed by atoms with Crippen LogP contribution in [0.25, 0.3) is 0 Å². The summed E-state index contributed by atoms with van der Waals surface area (Å²) in [4.78, 5) is 1.28. The Morgan fingerprint density at radius 2 is 2.17 bits per heavy atom. The Morgan fingerprint density at radius 1 is 1.33 bits per heavy atom. The van der Waals surface area contributed by atoms with Crippen LogP contribution >= 0.6 is 11.3 Å². The van der Waals surface area contributed by atoms with Crippen LogP contribution in [-0.2, 0) is 6.42 Å². The molecular weight excluding hydrogens is 259 g/mol. The normalized spacial score (nSPS) is 25.3. The highest BCUT2D eigenvalue weighted by Gasteiger charge is 2.41. The van der Waals surface area contributed by atoms with Gasteiger partial charge in [0.15, 0.2) is 0 Å². The van der Waals surface area contributed by atoms with Crippen LogP contribution in [0.2, 0.25) is 0 Å². The lowest BCUT2D eigenvalue weighted by Crippen LogP contribution is -2.39. The minimum atomic E-state index is -4.02. The highest BCUT2D eigenvalue weighted by atomic mass is 32.1. The Morgan fingerprint density at radius 3 is 2.83 bits per heavy atom. The van der Waals surface area contributed by atoms with Crippen LogP contribution in [0.1, 0.15) is 30.6 Å². The van der Waals surface area contributed by atoms with E-state index in [-0.39, 0.29) is 12.5 Å². The lowest BCUT2D eigenvalue weighted by Gasteiger charge is -2.31. The number of thiophene rings is 1. The quantitative estimate of drug-likeness (QED) is 0.877. The molecule has 2 unspecified atom stereocenters. The number of halogens is 3. The van der Waals surface area contributed by atoms with Crippen LogP contribution in [-0.4, -0.2) is 18.8 Å². The Kier molecular flexibility index (Phi) is 4.67. The lowest BCUT2D eigenvalue weighted by atomic mass is 9.85. The molecule has 1 aliphatic carbocycles. The Labute approximate surface area is 109 Å². The molecule has 1 saturated carbocycles. The highest BCUT2D eigenvalue weighted by molar-refractivity contribution is 7.09. The zero-order valence-corrected chi connectivity index (χ0v) is 11.0. The van der Waals surface area contributed by atoms with Gasteiger partial charge < -0.3 is 5.32 Å². The fourth-order valence-corrected chi connectivity index (χ4v) is 3.24. The second-order valence-corrected chi connectivity index (χ2v) is 5.92. The standard InChI is InChI=1S/C13H18F3NS/c14-13(15,16)10-3-1-4-11(9-10)17-7-6-12-5-2-8-18-12/h2,5,8,10-11,17H,1,3-4,6-7,9H2. The summed E-state index contributed by atoms with van der Waals surface area (Å²) in [5.41, 5.74) is 0. The molecular formula is C13H18F3NS. The fraction of sp³-hybridized carbons (Fsp3) is 0.692. The molecule has 0 bridgehead atoms. The number of nitrogens with one attached hydrogen (secondary N) is 1. The van der Waals surface area contributed by atoms with Crippen LogP contribution in [0.5, 0.6) is 0 Å². The molecule has 5 heteroatoms. The van der Waals surface area contributed by atoms with Crippen molar-refractivity contribution in [3.63, 3.8) is 0 Å². The minimum Gasteiger partial charge on any atom is -0.314 e. The van der Waals surface area contributed by atoms with Crippen molar-refractivity contribution in [3.05, 3.63) is 22.4 Å². The minimum absolute atomic E-state index is 0.0327. The van der Waals surface area contributed by atoms with Crippen LogP contribution in [0.4, 0.5) is 13.2 Å². The molecule has 0 spiro atoms. The van der Waals surface area contributed by atoms with Crippen molar-refractivity contribution in [2.24, 2.45) is 5.92 Å². The van der Waals surface area contributed by atoms with Crippen LogP contribution in [0.15, 0.2) is 17.5 Å². The summed E-state index contributed by atoms with van der Waals surface area (Å²) >= 11 is 1.69. The van der Waals surface area contributed by atoms with Gasteiger partial charge in [0.25, 0.3) is 0 Å². The van der Waals surface area contributed by atoms with Gasteiger partial charge in [0.05, 0.1) is 5.92 Å². The Bertz CT molecular complexity index is 348. The number of hydrogen-bond donors (Lipinski definition) is 1. The van der Waals surface area contributed by atoms with Crippen LogP contribution < -0.4 is 5.32 Å². The summed E-state index contributed by atoms with van der Waals surface area (Å²) < 4.78 is 37.9. The molecule has 0 aromatic carbocycles. The van der Waals surface area contributed by atoms with Gasteiger partial charge in [-0.2, -0.15) is 13.2 Å². The van der Waals surface area contributed by atoms with E-state index in [2.05, 4.69) is 11.4 Å². The largest absolute Gasteiger partial charge is 0.391 e. The van der Waals surface area contributed by atoms with Crippen molar-refractivity contribution in [1.82, 2.24) is 5.32 Å². The van der Waals surface area contributed by atoms with E-state index in [0.717, 1.165) is 19.4 Å². The second kappa shape index (κ2) is 6.06. The van der Waals surface area contributed by atoms with Crippen molar-refractivity contribution in [1.29, 1.82) is 0 Å². The van der Waals surface area contributed by atoms with Gasteiger partial charge >= 0.3 is 6.18 Å². The first-order valence-corrected chi connectivity index (χ1v) is 7.26. The van der Waals surface area contributed by atoms with Crippen molar-refractivity contribution >= 4 is 11.3 Å².